The third kappa shape index (κ3) is 4.10. The minimum Gasteiger partial charge on any atom is -0.366 e. The van der Waals surface area contributed by atoms with Crippen LogP contribution in [0.15, 0.2) is 35.9 Å². The Balaban J connectivity index is 1.79. The summed E-state index contributed by atoms with van der Waals surface area (Å²) >= 11 is 12.2. The Labute approximate surface area is 209 Å². The lowest BCUT2D eigenvalue weighted by Gasteiger charge is -2.47. The molecule has 1 N–H and O–H groups in total. The monoisotopic (exact) mass is 499 g/mol. The molecule has 2 aliphatic heterocycles. The van der Waals surface area contributed by atoms with Crippen molar-refractivity contribution in [3.8, 4) is 0 Å². The summed E-state index contributed by atoms with van der Waals surface area (Å²) < 4.78 is 0. The van der Waals surface area contributed by atoms with Gasteiger partial charge in [0.15, 0.2) is 0 Å². The van der Waals surface area contributed by atoms with Gasteiger partial charge < -0.3 is 4.90 Å². The normalized spacial score (nSPS) is 21.1. The summed E-state index contributed by atoms with van der Waals surface area (Å²) in [4.78, 5) is 41.8. The van der Waals surface area contributed by atoms with Crippen LogP contribution in [-0.2, 0) is 9.59 Å². The number of barbiturate groups is 1. The van der Waals surface area contributed by atoms with E-state index in [1.807, 2.05) is 6.92 Å². The lowest BCUT2D eigenvalue weighted by Crippen LogP contribution is -2.54. The van der Waals surface area contributed by atoms with Crippen LogP contribution in [0.25, 0.3) is 6.08 Å². The van der Waals surface area contributed by atoms with E-state index in [1.54, 1.807) is 6.08 Å². The van der Waals surface area contributed by atoms with Crippen molar-refractivity contribution in [2.45, 2.75) is 52.5 Å². The van der Waals surface area contributed by atoms with Gasteiger partial charge in [-0.25, -0.2) is 9.69 Å². The minimum atomic E-state index is -0.854. The number of hydrogen-bond acceptors (Lipinski definition) is 4. The molecule has 6 nitrogen and oxygen atoms in total. The zero-order chi connectivity index (χ0) is 24.9. The van der Waals surface area contributed by atoms with Gasteiger partial charge in [-0.15, -0.1) is 0 Å². The van der Waals surface area contributed by atoms with E-state index in [0.717, 1.165) is 29.0 Å². The Bertz CT molecular complexity index is 1250. The van der Waals surface area contributed by atoms with Crippen LogP contribution in [0.5, 0.6) is 0 Å². The molecule has 8 heteroatoms. The summed E-state index contributed by atoms with van der Waals surface area (Å²) in [7, 11) is 0. The standard InChI is InChI=1S/C26H27Cl2N3O3/c1-6-30-22-9-14(2)16(10-18(22)15(3)13-26(30,4)5)11-19-23(32)29-25(34)31(24(19)33)21-8-7-17(27)12-20(21)28/h7-12,15H,6,13H2,1-5H3,(H,29,32,34)/b19-11+. The average molecular weight is 500 g/mol. The molecule has 1 atom stereocenters. The number of hydrogen-bond donors (Lipinski definition) is 1. The molecular weight excluding hydrogens is 473 g/mol. The topological polar surface area (TPSA) is 69.7 Å². The number of halogens is 2. The van der Waals surface area contributed by atoms with Crippen LogP contribution in [0.3, 0.4) is 0 Å². The molecule has 1 fully saturated rings. The summed E-state index contributed by atoms with van der Waals surface area (Å²) in [6.07, 6.45) is 2.54. The van der Waals surface area contributed by atoms with Gasteiger partial charge in [0.2, 0.25) is 0 Å². The zero-order valence-corrected chi connectivity index (χ0v) is 21.3. The number of nitrogens with one attached hydrogen (secondary N) is 1. The van der Waals surface area contributed by atoms with E-state index >= 15 is 0 Å². The van der Waals surface area contributed by atoms with Crippen LogP contribution in [-0.4, -0.2) is 29.9 Å². The molecule has 0 spiro atoms. The molecule has 1 saturated heterocycles. The van der Waals surface area contributed by atoms with Gasteiger partial charge in [-0.1, -0.05) is 30.1 Å². The van der Waals surface area contributed by atoms with E-state index < -0.39 is 17.8 Å². The van der Waals surface area contributed by atoms with E-state index in [9.17, 15) is 14.4 Å². The van der Waals surface area contributed by atoms with Crippen molar-refractivity contribution in [3.63, 3.8) is 0 Å². The number of anilines is 2. The lowest BCUT2D eigenvalue weighted by molar-refractivity contribution is -0.122. The fourth-order valence-electron chi connectivity index (χ4n) is 5.10. The molecule has 2 aromatic rings. The van der Waals surface area contributed by atoms with Crippen molar-refractivity contribution >= 4 is 58.5 Å². The molecule has 34 heavy (non-hydrogen) atoms. The minimum absolute atomic E-state index is 0.0333. The molecule has 2 aliphatic rings. The fraction of sp³-hybridized carbons (Fsp3) is 0.346. The van der Waals surface area contributed by atoms with Crippen molar-refractivity contribution in [2.75, 3.05) is 16.3 Å². The number of aryl methyl sites for hydroxylation is 1. The van der Waals surface area contributed by atoms with E-state index in [4.69, 9.17) is 23.2 Å². The Kier molecular flexibility index (Phi) is 6.25. The highest BCUT2D eigenvalue weighted by atomic mass is 35.5. The molecule has 0 saturated carbocycles. The maximum atomic E-state index is 13.3. The molecule has 178 valence electrons. The van der Waals surface area contributed by atoms with Crippen molar-refractivity contribution in [3.05, 3.63) is 62.6 Å². The average Bonchev–Trinajstić information content (AvgIpc) is 2.72. The van der Waals surface area contributed by atoms with Crippen LogP contribution in [0.2, 0.25) is 10.0 Å². The SMILES string of the molecule is CCN1c2cc(C)c(/C=C3\C(=O)NC(=O)N(c4ccc(Cl)cc4Cl)C3=O)cc2C(C)CC1(C)C. The highest BCUT2D eigenvalue weighted by Gasteiger charge is 2.39. The Morgan fingerprint density at radius 2 is 1.82 bits per heavy atom. The number of carbonyl (C=O) groups excluding carboxylic acids is 3. The van der Waals surface area contributed by atoms with Crippen LogP contribution in [0, 0.1) is 6.92 Å². The molecule has 2 heterocycles. The number of fused-ring (bicyclic) bond motifs is 1. The van der Waals surface area contributed by atoms with Crippen molar-refractivity contribution < 1.29 is 14.4 Å². The molecule has 4 rings (SSSR count). The van der Waals surface area contributed by atoms with Crippen molar-refractivity contribution in [2.24, 2.45) is 0 Å². The smallest absolute Gasteiger partial charge is 0.335 e. The highest BCUT2D eigenvalue weighted by molar-refractivity contribution is 6.42. The first-order valence-corrected chi connectivity index (χ1v) is 12.0. The van der Waals surface area contributed by atoms with Gasteiger partial charge in [0.1, 0.15) is 5.57 Å². The first-order valence-electron chi connectivity index (χ1n) is 11.2. The lowest BCUT2D eigenvalue weighted by atomic mass is 9.79. The molecular formula is C26H27Cl2N3O3. The highest BCUT2D eigenvalue weighted by Crippen LogP contribution is 2.44. The quantitative estimate of drug-likeness (QED) is 0.410. The summed E-state index contributed by atoms with van der Waals surface area (Å²) in [6, 6.07) is 7.76. The summed E-state index contributed by atoms with van der Waals surface area (Å²) in [5.74, 6) is -1.16. The first-order chi connectivity index (χ1) is 15.9. The van der Waals surface area contributed by atoms with Gasteiger partial charge in [-0.2, -0.15) is 0 Å². The fourth-order valence-corrected chi connectivity index (χ4v) is 5.59. The molecule has 0 bridgehead atoms. The number of urea groups is 1. The summed E-state index contributed by atoms with van der Waals surface area (Å²) in [6.45, 7) is 11.7. The van der Waals surface area contributed by atoms with Crippen molar-refractivity contribution in [1.29, 1.82) is 0 Å². The van der Waals surface area contributed by atoms with E-state index in [2.05, 4.69) is 50.0 Å². The van der Waals surface area contributed by atoms with Crippen molar-refractivity contribution in [1.82, 2.24) is 5.32 Å². The molecule has 0 aliphatic carbocycles. The first kappa shape index (κ1) is 24.3. The second kappa shape index (κ2) is 8.75. The van der Waals surface area contributed by atoms with Gasteiger partial charge in [0, 0.05) is 22.8 Å². The molecule has 1 unspecified atom stereocenters. The number of amides is 4. The van der Waals surface area contributed by atoms with Crippen LogP contribution in [0.1, 0.15) is 56.7 Å². The molecule has 0 aromatic heterocycles. The van der Waals surface area contributed by atoms with E-state index in [1.165, 1.54) is 29.4 Å². The number of imide groups is 2. The molecule has 2 aromatic carbocycles. The number of rotatable bonds is 3. The largest absolute Gasteiger partial charge is 0.366 e. The number of nitrogens with zero attached hydrogens (tertiary/aromatic N) is 2. The van der Waals surface area contributed by atoms with Crippen LogP contribution < -0.4 is 15.1 Å². The zero-order valence-electron chi connectivity index (χ0n) is 19.8. The Morgan fingerprint density at radius 1 is 1.12 bits per heavy atom. The van der Waals surface area contributed by atoms with Crippen LogP contribution >= 0.6 is 23.2 Å². The van der Waals surface area contributed by atoms with Gasteiger partial charge in [0.05, 0.1) is 10.7 Å². The summed E-state index contributed by atoms with van der Waals surface area (Å²) in [5, 5.41) is 2.75. The van der Waals surface area contributed by atoms with Gasteiger partial charge in [-0.05, 0) is 93.1 Å². The van der Waals surface area contributed by atoms with Gasteiger partial charge >= 0.3 is 6.03 Å². The van der Waals surface area contributed by atoms with Crippen LogP contribution in [0.4, 0.5) is 16.2 Å². The predicted octanol–water partition coefficient (Wildman–Crippen LogP) is 6.08. The van der Waals surface area contributed by atoms with E-state index in [-0.39, 0.29) is 21.8 Å². The third-order valence-corrected chi connectivity index (χ3v) is 7.18. The maximum absolute atomic E-state index is 13.3. The number of carbonyl (C=O) groups is 3. The predicted molar refractivity (Wildman–Crippen MR) is 137 cm³/mol. The molecule has 4 amide bonds. The third-order valence-electron chi connectivity index (χ3n) is 6.64. The van der Waals surface area contributed by atoms with Gasteiger partial charge in [-0.3, -0.25) is 14.9 Å². The Morgan fingerprint density at radius 3 is 2.47 bits per heavy atom. The second-order valence-corrected chi connectivity index (χ2v) is 10.3. The molecule has 0 radical (unpaired) electrons. The van der Waals surface area contributed by atoms with Gasteiger partial charge in [0.25, 0.3) is 11.8 Å². The second-order valence-electron chi connectivity index (χ2n) is 9.48. The summed E-state index contributed by atoms with van der Waals surface area (Å²) in [5.41, 5.74) is 4.10. The number of benzene rings is 2. The van der Waals surface area contributed by atoms with E-state index in [0.29, 0.717) is 10.9 Å². The Hall–Kier alpha value is -2.83. The maximum Gasteiger partial charge on any atom is 0.335 e.